The first-order valence-corrected chi connectivity index (χ1v) is 11.4. The number of amides is 1. The van der Waals surface area contributed by atoms with E-state index in [0.29, 0.717) is 63.1 Å². The number of aromatic amines is 1. The van der Waals surface area contributed by atoms with Crippen molar-refractivity contribution in [1.82, 2.24) is 19.9 Å². The van der Waals surface area contributed by atoms with Gasteiger partial charge in [0.2, 0.25) is 0 Å². The van der Waals surface area contributed by atoms with Gasteiger partial charge in [0.15, 0.2) is 0 Å². The Morgan fingerprint density at radius 3 is 2.79 bits per heavy atom. The van der Waals surface area contributed by atoms with Gasteiger partial charge in [0, 0.05) is 42.5 Å². The first-order chi connectivity index (χ1) is 16.0. The van der Waals surface area contributed by atoms with Crippen molar-refractivity contribution in [3.05, 3.63) is 53.4 Å². The number of anilines is 1. The Labute approximate surface area is 190 Å². The molecule has 2 aliphatic rings. The predicted molar refractivity (Wildman–Crippen MR) is 120 cm³/mol. The minimum absolute atomic E-state index is 0.0798. The number of fused-ring (bicyclic) bond motifs is 2. The monoisotopic (exact) mass is 451 g/mol. The van der Waals surface area contributed by atoms with E-state index in [0.717, 1.165) is 22.6 Å². The van der Waals surface area contributed by atoms with Crippen LogP contribution in [0.25, 0.3) is 10.9 Å². The summed E-state index contributed by atoms with van der Waals surface area (Å²) in [7, 11) is 0. The van der Waals surface area contributed by atoms with Crippen LogP contribution in [0.3, 0.4) is 0 Å². The second-order valence-electron chi connectivity index (χ2n) is 8.53. The lowest BCUT2D eigenvalue weighted by Crippen LogP contribution is -2.41. The van der Waals surface area contributed by atoms with Gasteiger partial charge < -0.3 is 19.5 Å². The van der Waals surface area contributed by atoms with Crippen molar-refractivity contribution in [2.24, 2.45) is 5.92 Å². The molecule has 1 amide bonds. The topological polar surface area (TPSA) is 91.4 Å². The van der Waals surface area contributed by atoms with Crippen molar-refractivity contribution in [2.45, 2.75) is 32.7 Å². The van der Waals surface area contributed by atoms with Gasteiger partial charge in [-0.25, -0.2) is 14.4 Å². The molecule has 1 fully saturated rings. The fourth-order valence-corrected chi connectivity index (χ4v) is 4.75. The summed E-state index contributed by atoms with van der Waals surface area (Å²) in [6, 6.07) is 6.12. The number of hydrogen-bond donors (Lipinski definition) is 1. The van der Waals surface area contributed by atoms with Crippen LogP contribution in [0, 0.1) is 11.7 Å². The second-order valence-corrected chi connectivity index (χ2v) is 8.53. The first-order valence-electron chi connectivity index (χ1n) is 11.4. The molecular formula is C24H26FN5O3. The lowest BCUT2D eigenvalue weighted by atomic mass is 9.96. The number of carbonyl (C=O) groups is 2. The van der Waals surface area contributed by atoms with Crippen molar-refractivity contribution in [3.63, 3.8) is 0 Å². The van der Waals surface area contributed by atoms with E-state index in [1.165, 1.54) is 12.1 Å². The summed E-state index contributed by atoms with van der Waals surface area (Å²) in [5, 5.41) is 0.671. The number of benzene rings is 1. The van der Waals surface area contributed by atoms with E-state index < -0.39 is 0 Å². The molecule has 9 heteroatoms. The fraction of sp³-hybridized carbons (Fsp3) is 0.417. The summed E-state index contributed by atoms with van der Waals surface area (Å²) >= 11 is 0. The Morgan fingerprint density at radius 2 is 2.00 bits per heavy atom. The molecule has 2 aromatic heterocycles. The SMILES string of the molecule is CCOC(=O)C1CCN(c2ncnc3c2CN(C(=O)c2cc4cc(F)ccc4[nH]2)CC3)CC1. The molecule has 0 aliphatic carbocycles. The van der Waals surface area contributed by atoms with Crippen LogP contribution in [0.5, 0.6) is 0 Å². The van der Waals surface area contributed by atoms with Crippen LogP contribution in [0.4, 0.5) is 10.2 Å². The van der Waals surface area contributed by atoms with Crippen molar-refractivity contribution < 1.29 is 18.7 Å². The molecule has 1 saturated heterocycles. The van der Waals surface area contributed by atoms with Gasteiger partial charge in [-0.15, -0.1) is 0 Å². The van der Waals surface area contributed by atoms with Crippen molar-refractivity contribution in [1.29, 1.82) is 0 Å². The number of carbonyl (C=O) groups excluding carboxylic acids is 2. The summed E-state index contributed by atoms with van der Waals surface area (Å²) < 4.78 is 18.7. The smallest absolute Gasteiger partial charge is 0.309 e. The molecule has 2 aliphatic heterocycles. The second kappa shape index (κ2) is 8.80. The number of nitrogens with one attached hydrogen (secondary N) is 1. The van der Waals surface area contributed by atoms with Gasteiger partial charge in [0.1, 0.15) is 23.7 Å². The average Bonchev–Trinajstić information content (AvgIpc) is 3.26. The van der Waals surface area contributed by atoms with Crippen molar-refractivity contribution in [3.8, 4) is 0 Å². The maximum absolute atomic E-state index is 13.5. The van der Waals surface area contributed by atoms with E-state index in [-0.39, 0.29) is 23.6 Å². The molecule has 0 unspecified atom stereocenters. The molecule has 1 aromatic carbocycles. The maximum Gasteiger partial charge on any atom is 0.309 e. The highest BCUT2D eigenvalue weighted by molar-refractivity contribution is 5.98. The third-order valence-corrected chi connectivity index (χ3v) is 6.49. The number of ether oxygens (including phenoxy) is 1. The van der Waals surface area contributed by atoms with E-state index in [9.17, 15) is 14.0 Å². The van der Waals surface area contributed by atoms with Crippen molar-refractivity contribution in [2.75, 3.05) is 31.1 Å². The van der Waals surface area contributed by atoms with Gasteiger partial charge in [-0.3, -0.25) is 9.59 Å². The van der Waals surface area contributed by atoms with Crippen LogP contribution < -0.4 is 4.90 Å². The van der Waals surface area contributed by atoms with Gasteiger partial charge >= 0.3 is 5.97 Å². The van der Waals surface area contributed by atoms with Crippen LogP contribution in [0.15, 0.2) is 30.6 Å². The minimum Gasteiger partial charge on any atom is -0.466 e. The van der Waals surface area contributed by atoms with E-state index in [1.807, 2.05) is 6.92 Å². The number of piperidine rings is 1. The number of hydrogen-bond acceptors (Lipinski definition) is 6. The highest BCUT2D eigenvalue weighted by atomic mass is 19.1. The Bertz CT molecular complexity index is 1200. The molecule has 33 heavy (non-hydrogen) atoms. The molecule has 4 heterocycles. The quantitative estimate of drug-likeness (QED) is 0.613. The molecule has 8 nitrogen and oxygen atoms in total. The summed E-state index contributed by atoms with van der Waals surface area (Å²) in [6.45, 7) is 4.58. The van der Waals surface area contributed by atoms with Crippen LogP contribution in [-0.4, -0.2) is 58.0 Å². The van der Waals surface area contributed by atoms with Crippen LogP contribution in [0.1, 0.15) is 41.5 Å². The van der Waals surface area contributed by atoms with Crippen LogP contribution in [0.2, 0.25) is 0 Å². The molecule has 3 aromatic rings. The van der Waals surface area contributed by atoms with Crippen molar-refractivity contribution >= 4 is 28.6 Å². The van der Waals surface area contributed by atoms with Crippen LogP contribution in [-0.2, 0) is 22.5 Å². The molecule has 5 rings (SSSR count). The number of esters is 1. The zero-order valence-corrected chi connectivity index (χ0v) is 18.5. The predicted octanol–water partition coefficient (Wildman–Crippen LogP) is 3.08. The molecule has 0 atom stereocenters. The van der Waals surface area contributed by atoms with Gasteiger partial charge in [-0.05, 0) is 44.0 Å². The third kappa shape index (κ3) is 4.15. The Balaban J connectivity index is 1.33. The maximum atomic E-state index is 13.5. The van der Waals surface area contributed by atoms with Crippen LogP contribution >= 0.6 is 0 Å². The van der Waals surface area contributed by atoms with E-state index in [2.05, 4.69) is 19.9 Å². The average molecular weight is 452 g/mol. The first kappa shape index (κ1) is 21.4. The van der Waals surface area contributed by atoms with Gasteiger partial charge in [0.25, 0.3) is 5.91 Å². The van der Waals surface area contributed by atoms with Gasteiger partial charge in [-0.1, -0.05) is 0 Å². The lowest BCUT2D eigenvalue weighted by molar-refractivity contribution is -0.148. The lowest BCUT2D eigenvalue weighted by Gasteiger charge is -2.35. The number of halogens is 1. The summed E-state index contributed by atoms with van der Waals surface area (Å²) in [6.07, 6.45) is 3.65. The Morgan fingerprint density at radius 1 is 1.18 bits per heavy atom. The Hall–Kier alpha value is -3.49. The summed E-state index contributed by atoms with van der Waals surface area (Å²) in [5.74, 6) is 0.160. The standard InChI is InChI=1S/C24H26FN5O3/c1-2-33-24(32)15-5-8-29(9-6-15)22-18-13-30(10-7-20(18)26-14-27-22)23(31)21-12-16-11-17(25)3-4-19(16)28-21/h3-4,11-12,14-15,28H,2,5-10,13H2,1H3. The molecule has 0 bridgehead atoms. The minimum atomic E-state index is -0.332. The van der Waals surface area contributed by atoms with E-state index in [1.54, 1.807) is 23.4 Å². The molecule has 0 spiro atoms. The third-order valence-electron chi connectivity index (χ3n) is 6.49. The number of rotatable bonds is 4. The summed E-state index contributed by atoms with van der Waals surface area (Å²) in [5.41, 5.74) is 3.07. The summed E-state index contributed by atoms with van der Waals surface area (Å²) in [4.78, 5) is 41.4. The van der Waals surface area contributed by atoms with Gasteiger partial charge in [-0.2, -0.15) is 0 Å². The molecule has 0 radical (unpaired) electrons. The zero-order valence-electron chi connectivity index (χ0n) is 18.5. The molecule has 172 valence electrons. The van der Waals surface area contributed by atoms with E-state index >= 15 is 0 Å². The molecule has 0 saturated carbocycles. The normalized spacial score (nSPS) is 16.7. The molecular weight excluding hydrogens is 425 g/mol. The number of H-pyrrole nitrogens is 1. The highest BCUT2D eigenvalue weighted by Crippen LogP contribution is 2.30. The van der Waals surface area contributed by atoms with Gasteiger partial charge in [0.05, 0.1) is 24.8 Å². The largest absolute Gasteiger partial charge is 0.466 e. The highest BCUT2D eigenvalue weighted by Gasteiger charge is 2.31. The number of aromatic nitrogens is 3. The fourth-order valence-electron chi connectivity index (χ4n) is 4.75. The Kier molecular flexibility index (Phi) is 5.70. The van der Waals surface area contributed by atoms with E-state index in [4.69, 9.17) is 4.74 Å². The zero-order chi connectivity index (χ0) is 22.9. The molecule has 1 N–H and O–H groups in total. The number of nitrogens with zero attached hydrogens (tertiary/aromatic N) is 4.